The summed E-state index contributed by atoms with van der Waals surface area (Å²) < 4.78 is 0. The maximum atomic E-state index is 10.7. The Kier molecular flexibility index (Phi) is 9.34. The predicted molar refractivity (Wildman–Crippen MR) is 128 cm³/mol. The molecular formula is C27H33ClO4. The van der Waals surface area contributed by atoms with E-state index in [4.69, 9.17) is 16.7 Å². The maximum absolute atomic E-state index is 10.7. The standard InChI is InChI=1S/C27H33ClO4/c28-23-18-25(30)27(22(23)10-6-1-2-7-11-26(31)32)21-15-13-20(14-16-21)24(29)17-12-19-8-4-3-5-9-19/h1,3-6,8-9,13-16,22-25,27,29-30H,2,7,10-12,17-18H2,(H,31,32)/t22-,23+,24?,25+,27+/m0/s1. The lowest BCUT2D eigenvalue weighted by atomic mass is 9.84. The first-order valence-corrected chi connectivity index (χ1v) is 11.9. The van der Waals surface area contributed by atoms with Gasteiger partial charge in [-0.15, -0.1) is 11.6 Å². The van der Waals surface area contributed by atoms with Gasteiger partial charge in [-0.1, -0.05) is 66.7 Å². The molecule has 1 fully saturated rings. The number of allylic oxidation sites excluding steroid dienone is 2. The molecule has 1 unspecified atom stereocenters. The van der Waals surface area contributed by atoms with Crippen molar-refractivity contribution in [1.82, 2.24) is 0 Å². The quantitative estimate of drug-likeness (QED) is 0.233. The predicted octanol–water partition coefficient (Wildman–Crippen LogP) is 5.63. The molecule has 3 N–H and O–H groups in total. The molecule has 4 nitrogen and oxygen atoms in total. The molecule has 3 rings (SSSR count). The van der Waals surface area contributed by atoms with Gasteiger partial charge in [-0.3, -0.25) is 4.79 Å². The fourth-order valence-electron chi connectivity index (χ4n) is 4.62. The summed E-state index contributed by atoms with van der Waals surface area (Å²) in [5, 5.41) is 29.9. The molecule has 2 aromatic carbocycles. The lowest BCUT2D eigenvalue weighted by Gasteiger charge is -2.23. The summed E-state index contributed by atoms with van der Waals surface area (Å²) in [6.07, 6.45) is 7.39. The van der Waals surface area contributed by atoms with Crippen LogP contribution in [-0.4, -0.2) is 32.8 Å². The number of hydrogen-bond acceptors (Lipinski definition) is 3. The topological polar surface area (TPSA) is 77.8 Å². The van der Waals surface area contributed by atoms with E-state index in [0.29, 0.717) is 19.3 Å². The van der Waals surface area contributed by atoms with Crippen LogP contribution in [0, 0.1) is 5.92 Å². The first-order chi connectivity index (χ1) is 15.5. The molecular weight excluding hydrogens is 424 g/mol. The SMILES string of the molecule is O=C(O)CCCC=CC[C@@H]1[C@@H](c2ccc(C(O)CCc3ccccc3)cc2)[C@H](O)C[C@H]1Cl. The van der Waals surface area contributed by atoms with Gasteiger partial charge in [0.1, 0.15) is 0 Å². The van der Waals surface area contributed by atoms with E-state index in [1.807, 2.05) is 48.5 Å². The molecule has 32 heavy (non-hydrogen) atoms. The van der Waals surface area contributed by atoms with Crippen LogP contribution in [0.15, 0.2) is 66.7 Å². The number of carbonyl (C=O) groups is 1. The number of halogens is 1. The van der Waals surface area contributed by atoms with Crippen molar-refractivity contribution >= 4 is 17.6 Å². The zero-order valence-corrected chi connectivity index (χ0v) is 19.1. The number of benzene rings is 2. The van der Waals surface area contributed by atoms with Crippen LogP contribution in [0.1, 0.15) is 67.2 Å². The van der Waals surface area contributed by atoms with E-state index in [1.165, 1.54) is 5.56 Å². The van der Waals surface area contributed by atoms with Crippen molar-refractivity contribution in [1.29, 1.82) is 0 Å². The van der Waals surface area contributed by atoms with Crippen LogP contribution in [-0.2, 0) is 11.2 Å². The Balaban J connectivity index is 1.58. The third-order valence-electron chi connectivity index (χ3n) is 6.40. The summed E-state index contributed by atoms with van der Waals surface area (Å²) in [7, 11) is 0. The molecule has 0 aromatic heterocycles. The summed E-state index contributed by atoms with van der Waals surface area (Å²) >= 11 is 6.57. The average Bonchev–Trinajstić information content (AvgIpc) is 3.07. The number of aryl methyl sites for hydroxylation is 1. The van der Waals surface area contributed by atoms with Gasteiger partial charge in [0, 0.05) is 17.7 Å². The third kappa shape index (κ3) is 6.93. The highest BCUT2D eigenvalue weighted by atomic mass is 35.5. The van der Waals surface area contributed by atoms with E-state index in [1.54, 1.807) is 0 Å². The molecule has 0 saturated heterocycles. The van der Waals surface area contributed by atoms with Crippen LogP contribution < -0.4 is 0 Å². The normalized spacial score (nSPS) is 24.1. The minimum atomic E-state index is -0.771. The Morgan fingerprint density at radius 3 is 2.50 bits per heavy atom. The minimum absolute atomic E-state index is 0.0447. The van der Waals surface area contributed by atoms with Gasteiger partial charge in [-0.05, 0) is 61.1 Å². The van der Waals surface area contributed by atoms with E-state index >= 15 is 0 Å². The van der Waals surface area contributed by atoms with Crippen LogP contribution in [0.4, 0.5) is 0 Å². The number of rotatable bonds is 11. The Morgan fingerprint density at radius 2 is 1.81 bits per heavy atom. The molecule has 5 atom stereocenters. The van der Waals surface area contributed by atoms with E-state index < -0.39 is 18.2 Å². The molecule has 0 radical (unpaired) electrons. The van der Waals surface area contributed by atoms with Crippen molar-refractivity contribution in [2.45, 2.75) is 68.4 Å². The van der Waals surface area contributed by atoms with Crippen LogP contribution >= 0.6 is 11.6 Å². The average molecular weight is 457 g/mol. The van der Waals surface area contributed by atoms with Gasteiger partial charge in [0.25, 0.3) is 0 Å². The van der Waals surface area contributed by atoms with Crippen LogP contribution in [0.3, 0.4) is 0 Å². The fourth-order valence-corrected chi connectivity index (χ4v) is 5.07. The van der Waals surface area contributed by atoms with Crippen LogP contribution in [0.25, 0.3) is 0 Å². The Bertz CT molecular complexity index is 865. The molecule has 0 amide bonds. The molecule has 1 aliphatic rings. The number of carboxylic acids is 1. The Hall–Kier alpha value is -2.14. The van der Waals surface area contributed by atoms with Gasteiger partial charge in [0.2, 0.25) is 0 Å². The highest BCUT2D eigenvalue weighted by molar-refractivity contribution is 6.21. The van der Waals surface area contributed by atoms with Gasteiger partial charge in [-0.25, -0.2) is 0 Å². The molecule has 0 spiro atoms. The molecule has 0 aliphatic heterocycles. The van der Waals surface area contributed by atoms with Gasteiger partial charge >= 0.3 is 5.97 Å². The molecule has 2 aromatic rings. The lowest BCUT2D eigenvalue weighted by Crippen LogP contribution is -2.18. The maximum Gasteiger partial charge on any atom is 0.303 e. The highest BCUT2D eigenvalue weighted by Gasteiger charge is 2.41. The van der Waals surface area contributed by atoms with Crippen molar-refractivity contribution in [3.8, 4) is 0 Å². The second kappa shape index (κ2) is 12.2. The summed E-state index contributed by atoms with van der Waals surface area (Å²) in [6.45, 7) is 0. The Morgan fingerprint density at radius 1 is 1.09 bits per heavy atom. The van der Waals surface area contributed by atoms with E-state index in [2.05, 4.69) is 18.2 Å². The molecule has 0 bridgehead atoms. The number of aliphatic hydroxyl groups excluding tert-OH is 2. The van der Waals surface area contributed by atoms with Gasteiger partial charge in [0.15, 0.2) is 0 Å². The molecule has 1 aliphatic carbocycles. The second-order valence-electron chi connectivity index (χ2n) is 8.71. The van der Waals surface area contributed by atoms with Crippen molar-refractivity contribution in [3.05, 3.63) is 83.4 Å². The van der Waals surface area contributed by atoms with Crippen molar-refractivity contribution < 1.29 is 20.1 Å². The zero-order chi connectivity index (χ0) is 22.9. The number of alkyl halides is 1. The van der Waals surface area contributed by atoms with E-state index in [0.717, 1.165) is 30.4 Å². The monoisotopic (exact) mass is 456 g/mol. The molecule has 0 heterocycles. The van der Waals surface area contributed by atoms with Crippen molar-refractivity contribution in [2.24, 2.45) is 5.92 Å². The van der Waals surface area contributed by atoms with Crippen molar-refractivity contribution in [2.75, 3.05) is 0 Å². The van der Waals surface area contributed by atoms with Crippen molar-refractivity contribution in [3.63, 3.8) is 0 Å². The smallest absolute Gasteiger partial charge is 0.303 e. The van der Waals surface area contributed by atoms with Crippen LogP contribution in [0.5, 0.6) is 0 Å². The van der Waals surface area contributed by atoms with E-state index in [-0.39, 0.29) is 23.6 Å². The Labute approximate surface area is 195 Å². The number of aliphatic hydroxyl groups is 2. The van der Waals surface area contributed by atoms with Crippen LogP contribution in [0.2, 0.25) is 0 Å². The third-order valence-corrected chi connectivity index (χ3v) is 6.90. The first kappa shape index (κ1) is 24.5. The van der Waals surface area contributed by atoms with Gasteiger partial charge < -0.3 is 15.3 Å². The highest BCUT2D eigenvalue weighted by Crippen LogP contribution is 2.45. The lowest BCUT2D eigenvalue weighted by molar-refractivity contribution is -0.137. The zero-order valence-electron chi connectivity index (χ0n) is 18.3. The first-order valence-electron chi connectivity index (χ1n) is 11.5. The molecule has 5 heteroatoms. The number of aliphatic carboxylic acids is 1. The molecule has 1 saturated carbocycles. The number of hydrogen-bond donors (Lipinski definition) is 3. The minimum Gasteiger partial charge on any atom is -0.481 e. The van der Waals surface area contributed by atoms with Gasteiger partial charge in [-0.2, -0.15) is 0 Å². The number of carboxylic acid groups (broad SMARTS) is 1. The summed E-state index contributed by atoms with van der Waals surface area (Å²) in [5.41, 5.74) is 3.14. The fraction of sp³-hybridized carbons (Fsp3) is 0.444. The van der Waals surface area contributed by atoms with E-state index in [9.17, 15) is 15.0 Å². The molecule has 172 valence electrons. The number of unbranched alkanes of at least 4 members (excludes halogenated alkanes) is 1. The summed E-state index contributed by atoms with van der Waals surface area (Å²) in [6, 6.07) is 18.1. The second-order valence-corrected chi connectivity index (χ2v) is 9.27. The summed E-state index contributed by atoms with van der Waals surface area (Å²) in [5.74, 6) is -0.695. The summed E-state index contributed by atoms with van der Waals surface area (Å²) in [4.78, 5) is 10.6. The largest absolute Gasteiger partial charge is 0.481 e. The van der Waals surface area contributed by atoms with Gasteiger partial charge in [0.05, 0.1) is 12.2 Å².